The van der Waals surface area contributed by atoms with Gasteiger partial charge >= 0.3 is 0 Å². The van der Waals surface area contributed by atoms with Gasteiger partial charge < -0.3 is 0 Å². The molecule has 0 saturated heterocycles. The fourth-order valence-corrected chi connectivity index (χ4v) is 6.83. The second kappa shape index (κ2) is 9.08. The predicted octanol–water partition coefficient (Wildman–Crippen LogP) is 3.59. The summed E-state index contributed by atoms with van der Waals surface area (Å²) >= 11 is 0. The van der Waals surface area contributed by atoms with E-state index in [1.165, 1.54) is 0 Å². The molecule has 5 heteroatoms. The van der Waals surface area contributed by atoms with E-state index in [4.69, 9.17) is 4.74 Å². The molecule has 0 aliphatic heterocycles. The van der Waals surface area contributed by atoms with Gasteiger partial charge in [0.15, 0.2) is 7.51 Å². The van der Waals surface area contributed by atoms with Crippen LogP contribution in [0.3, 0.4) is 0 Å². The van der Waals surface area contributed by atoms with Crippen molar-refractivity contribution in [3.05, 3.63) is 0 Å². The minimum absolute atomic E-state index is 1.06. The van der Waals surface area contributed by atoms with E-state index >= 15 is 0 Å². The van der Waals surface area contributed by atoms with E-state index in [0.717, 1.165) is 39.3 Å². The lowest BCUT2D eigenvalue weighted by molar-refractivity contribution is 0.339. The summed E-state index contributed by atoms with van der Waals surface area (Å²) in [7, 11) is 0.320. The maximum atomic E-state index is 4.93. The van der Waals surface area contributed by atoms with Gasteiger partial charge in [0.1, 0.15) is 0 Å². The molecule has 0 saturated carbocycles. The number of nitrogens with zero attached hydrogens (tertiary/aromatic N) is 4. The lowest BCUT2D eigenvalue weighted by atomic mass is 10.7. The Kier molecular flexibility index (Phi) is 9.14. The lowest BCUT2D eigenvalue weighted by Crippen LogP contribution is -2.41. The molecule has 0 spiro atoms. The third-order valence-corrected chi connectivity index (χ3v) is 8.11. The van der Waals surface area contributed by atoms with Crippen LogP contribution in [0, 0.1) is 0 Å². The molecule has 4 nitrogen and oxygen atoms in total. The Labute approximate surface area is 115 Å². The molecule has 0 N–H and O–H groups in total. The molecule has 0 rings (SSSR count). The van der Waals surface area contributed by atoms with E-state index in [9.17, 15) is 0 Å². The first-order chi connectivity index (χ1) is 8.62. The summed E-state index contributed by atoms with van der Waals surface area (Å²) < 4.78 is 12.6. The Morgan fingerprint density at radius 3 is 0.944 bits per heavy atom. The molecule has 0 aliphatic carbocycles. The molecule has 0 aromatic heterocycles. The molecule has 0 unspecified atom stereocenters. The molecule has 0 aromatic rings. The Balaban J connectivity index is 5.74. The van der Waals surface area contributed by atoms with Crippen LogP contribution < -0.4 is 0 Å². The summed E-state index contributed by atoms with van der Waals surface area (Å²) in [5, 5.41) is 0. The first-order valence-electron chi connectivity index (χ1n) is 7.39. The van der Waals surface area contributed by atoms with Crippen molar-refractivity contribution in [2.24, 2.45) is 4.74 Å². The fourth-order valence-electron chi connectivity index (χ4n) is 2.73. The van der Waals surface area contributed by atoms with E-state index in [1.807, 2.05) is 7.05 Å². The van der Waals surface area contributed by atoms with Crippen molar-refractivity contribution in [3.63, 3.8) is 0 Å². The standard InChI is InChI=1S/C13H33N4P/c1-8-15(9-2)18(14-7,16(10-3)11-4)17(12-5)13-6/h8-13H2,1-7H3. The SMILES string of the molecule is CCN(CC)P(=NC)(N(CC)CC)N(CC)CC. The monoisotopic (exact) mass is 276 g/mol. The minimum Gasteiger partial charge on any atom is -0.264 e. The average Bonchev–Trinajstić information content (AvgIpc) is 2.41. The van der Waals surface area contributed by atoms with Gasteiger partial charge in [-0.3, -0.25) is 4.74 Å². The highest BCUT2D eigenvalue weighted by Gasteiger charge is 2.35. The third kappa shape index (κ3) is 3.36. The quantitative estimate of drug-likeness (QED) is 0.601. The molecule has 0 heterocycles. The maximum Gasteiger partial charge on any atom is 0.167 e. The highest BCUT2D eigenvalue weighted by Crippen LogP contribution is 2.58. The van der Waals surface area contributed by atoms with E-state index in [-0.39, 0.29) is 0 Å². The minimum atomic E-state index is -1.68. The van der Waals surface area contributed by atoms with Gasteiger partial charge in [0, 0.05) is 46.3 Å². The van der Waals surface area contributed by atoms with Crippen LogP contribution in [-0.4, -0.2) is 60.3 Å². The molecule has 0 radical (unpaired) electrons. The molecule has 110 valence electrons. The largest absolute Gasteiger partial charge is 0.264 e. The number of hydrogen-bond donors (Lipinski definition) is 0. The van der Waals surface area contributed by atoms with Crippen molar-refractivity contribution in [2.75, 3.05) is 46.3 Å². The Hall–Kier alpha value is 0.110. The molecule has 0 bridgehead atoms. The van der Waals surface area contributed by atoms with Gasteiger partial charge in [-0.15, -0.1) is 0 Å². The van der Waals surface area contributed by atoms with Crippen molar-refractivity contribution >= 4 is 7.51 Å². The molecular weight excluding hydrogens is 243 g/mol. The van der Waals surface area contributed by atoms with Crippen LogP contribution in [0.4, 0.5) is 0 Å². The maximum absolute atomic E-state index is 4.93. The van der Waals surface area contributed by atoms with Crippen LogP contribution in [0.25, 0.3) is 0 Å². The molecule has 0 fully saturated rings. The van der Waals surface area contributed by atoms with Crippen molar-refractivity contribution in [3.8, 4) is 0 Å². The zero-order chi connectivity index (χ0) is 14.2. The summed E-state index contributed by atoms with van der Waals surface area (Å²) in [4.78, 5) is 0. The highest BCUT2D eigenvalue weighted by molar-refractivity contribution is 7.59. The zero-order valence-corrected chi connectivity index (χ0v) is 14.4. The van der Waals surface area contributed by atoms with Gasteiger partial charge in [0.2, 0.25) is 0 Å². The second-order valence-electron chi connectivity index (χ2n) is 4.15. The van der Waals surface area contributed by atoms with Gasteiger partial charge in [-0.05, 0) is 0 Å². The van der Waals surface area contributed by atoms with Gasteiger partial charge in [-0.1, -0.05) is 41.5 Å². The van der Waals surface area contributed by atoms with E-state index in [0.29, 0.717) is 0 Å². The van der Waals surface area contributed by atoms with Gasteiger partial charge in [0.25, 0.3) is 0 Å². The Morgan fingerprint density at radius 1 is 0.611 bits per heavy atom. The molecular formula is C13H33N4P. The first-order valence-corrected chi connectivity index (χ1v) is 8.99. The molecule has 0 aliphatic rings. The Morgan fingerprint density at radius 2 is 0.833 bits per heavy atom. The Bertz CT molecular complexity index is 218. The normalized spacial score (nSPS) is 12.8. The predicted molar refractivity (Wildman–Crippen MR) is 84.0 cm³/mol. The first kappa shape index (κ1) is 18.1. The van der Waals surface area contributed by atoms with Gasteiger partial charge in [-0.2, -0.15) is 0 Å². The third-order valence-electron chi connectivity index (χ3n) is 3.60. The summed E-state index contributed by atoms with van der Waals surface area (Å²) in [6.45, 7) is 19.9. The van der Waals surface area contributed by atoms with E-state index in [1.54, 1.807) is 0 Å². The van der Waals surface area contributed by atoms with Crippen molar-refractivity contribution in [2.45, 2.75) is 41.5 Å². The van der Waals surface area contributed by atoms with Crippen LogP contribution in [-0.2, 0) is 0 Å². The fraction of sp³-hybridized carbons (Fsp3) is 1.00. The average molecular weight is 276 g/mol. The van der Waals surface area contributed by atoms with Gasteiger partial charge in [-0.25, -0.2) is 14.0 Å². The van der Waals surface area contributed by atoms with Crippen LogP contribution in [0.2, 0.25) is 0 Å². The molecule has 0 atom stereocenters. The zero-order valence-electron chi connectivity index (χ0n) is 13.5. The van der Waals surface area contributed by atoms with Crippen LogP contribution in [0.5, 0.6) is 0 Å². The van der Waals surface area contributed by atoms with E-state index in [2.05, 4.69) is 55.6 Å². The molecule has 0 aromatic carbocycles. The van der Waals surface area contributed by atoms with E-state index < -0.39 is 7.51 Å². The van der Waals surface area contributed by atoms with Crippen molar-refractivity contribution < 1.29 is 0 Å². The highest BCUT2D eigenvalue weighted by atomic mass is 31.2. The summed E-state index contributed by atoms with van der Waals surface area (Å²) in [6, 6.07) is 0. The topological polar surface area (TPSA) is 22.1 Å². The lowest BCUT2D eigenvalue weighted by Gasteiger charge is -2.48. The summed E-state index contributed by atoms with van der Waals surface area (Å²) in [5.41, 5.74) is 0. The number of rotatable bonds is 9. The smallest absolute Gasteiger partial charge is 0.167 e. The molecule has 18 heavy (non-hydrogen) atoms. The summed E-state index contributed by atoms with van der Waals surface area (Å²) in [5.74, 6) is 0. The van der Waals surface area contributed by atoms with Crippen LogP contribution >= 0.6 is 7.51 Å². The second-order valence-corrected chi connectivity index (χ2v) is 7.32. The van der Waals surface area contributed by atoms with Crippen LogP contribution in [0.1, 0.15) is 41.5 Å². The van der Waals surface area contributed by atoms with Crippen molar-refractivity contribution in [1.29, 1.82) is 0 Å². The van der Waals surface area contributed by atoms with Crippen LogP contribution in [0.15, 0.2) is 4.74 Å². The van der Waals surface area contributed by atoms with Gasteiger partial charge in [0.05, 0.1) is 0 Å². The number of hydrogen-bond acceptors (Lipinski definition) is 1. The molecule has 0 amide bonds. The summed E-state index contributed by atoms with van der Waals surface area (Å²) in [6.07, 6.45) is 0. The van der Waals surface area contributed by atoms with Crippen molar-refractivity contribution in [1.82, 2.24) is 14.0 Å².